The molecular weight excluding hydrogens is 513 g/mol. The lowest BCUT2D eigenvalue weighted by Crippen LogP contribution is -2.37. The van der Waals surface area contributed by atoms with Gasteiger partial charge in [0.25, 0.3) is 5.91 Å². The Hall–Kier alpha value is -3.14. The molecule has 0 saturated carbocycles. The molecule has 3 N–H and O–H groups in total. The van der Waals surface area contributed by atoms with Crippen molar-refractivity contribution in [2.24, 2.45) is 0 Å². The lowest BCUT2D eigenvalue weighted by atomic mass is 10.0. The fourth-order valence-electron chi connectivity index (χ4n) is 4.08. The summed E-state index contributed by atoms with van der Waals surface area (Å²) in [5.74, 6) is 1.37. The van der Waals surface area contributed by atoms with Crippen molar-refractivity contribution < 1.29 is 9.53 Å². The van der Waals surface area contributed by atoms with E-state index < -0.39 is 5.91 Å². The van der Waals surface area contributed by atoms with Crippen LogP contribution in [0.2, 0.25) is 10.0 Å². The standard InChI is InChI=1S/C26H31Cl2N7O2/c1-5-18-20(30-15(2)3)14-19(27)23(24(18)28)25(36)32-17-6-7-29-21(13-17)33-22-12-16(4)31-26(34-22)35-8-10-37-11-9-35/h6-7,12-15,30H,5,8-11H2,1-4H3,(H2,29,31,32,33,34,36). The fraction of sp³-hybridized carbons (Fsp3) is 0.385. The Bertz CT molecular complexity index is 1280. The van der Waals surface area contributed by atoms with E-state index in [2.05, 4.69) is 35.8 Å². The topological polar surface area (TPSA) is 104 Å². The van der Waals surface area contributed by atoms with Gasteiger partial charge in [-0.25, -0.2) is 9.97 Å². The second-order valence-corrected chi connectivity index (χ2v) is 9.81. The van der Waals surface area contributed by atoms with E-state index in [0.29, 0.717) is 47.9 Å². The lowest BCUT2D eigenvalue weighted by Gasteiger charge is -2.27. The van der Waals surface area contributed by atoms with Gasteiger partial charge in [0.15, 0.2) is 0 Å². The van der Waals surface area contributed by atoms with E-state index in [0.717, 1.165) is 30.0 Å². The van der Waals surface area contributed by atoms with E-state index >= 15 is 0 Å². The predicted molar refractivity (Wildman–Crippen MR) is 150 cm³/mol. The van der Waals surface area contributed by atoms with Gasteiger partial charge < -0.3 is 25.6 Å². The number of nitrogens with zero attached hydrogens (tertiary/aromatic N) is 4. The van der Waals surface area contributed by atoms with Crippen LogP contribution in [0.25, 0.3) is 0 Å². The maximum Gasteiger partial charge on any atom is 0.258 e. The molecule has 0 atom stereocenters. The number of ether oxygens (including phenoxy) is 1. The fourth-order valence-corrected chi connectivity index (χ4v) is 4.84. The van der Waals surface area contributed by atoms with Gasteiger partial charge in [-0.2, -0.15) is 4.98 Å². The van der Waals surface area contributed by atoms with Crippen LogP contribution >= 0.6 is 23.2 Å². The number of rotatable bonds is 8. The number of morpholine rings is 1. The smallest absolute Gasteiger partial charge is 0.258 e. The maximum absolute atomic E-state index is 13.2. The molecule has 1 saturated heterocycles. The van der Waals surface area contributed by atoms with Crippen molar-refractivity contribution in [1.82, 2.24) is 15.0 Å². The van der Waals surface area contributed by atoms with Gasteiger partial charge in [-0.15, -0.1) is 0 Å². The first-order valence-electron chi connectivity index (χ1n) is 12.2. The molecule has 1 aliphatic heterocycles. The highest BCUT2D eigenvalue weighted by atomic mass is 35.5. The normalized spacial score (nSPS) is 13.5. The molecule has 9 nitrogen and oxygen atoms in total. The Morgan fingerprint density at radius 3 is 2.59 bits per heavy atom. The first kappa shape index (κ1) is 26.9. The largest absolute Gasteiger partial charge is 0.383 e. The summed E-state index contributed by atoms with van der Waals surface area (Å²) in [4.78, 5) is 28.9. The van der Waals surface area contributed by atoms with Crippen LogP contribution in [-0.4, -0.2) is 53.2 Å². The van der Waals surface area contributed by atoms with Crippen LogP contribution in [0.15, 0.2) is 30.5 Å². The maximum atomic E-state index is 13.2. The minimum Gasteiger partial charge on any atom is -0.383 e. The summed E-state index contributed by atoms with van der Waals surface area (Å²) in [5.41, 5.74) is 3.28. The van der Waals surface area contributed by atoms with Gasteiger partial charge in [0.2, 0.25) is 5.95 Å². The van der Waals surface area contributed by atoms with Crippen LogP contribution < -0.4 is 20.9 Å². The predicted octanol–water partition coefficient (Wildman–Crippen LogP) is 5.70. The molecule has 37 heavy (non-hydrogen) atoms. The molecule has 0 spiro atoms. The first-order valence-corrected chi connectivity index (χ1v) is 13.0. The number of aryl methyl sites for hydroxylation is 1. The van der Waals surface area contributed by atoms with Crippen molar-refractivity contribution in [2.45, 2.75) is 40.2 Å². The summed E-state index contributed by atoms with van der Waals surface area (Å²) in [7, 11) is 0. The molecule has 11 heteroatoms. The summed E-state index contributed by atoms with van der Waals surface area (Å²) < 4.78 is 5.43. The second kappa shape index (κ2) is 11.9. The van der Waals surface area contributed by atoms with Crippen molar-refractivity contribution in [3.63, 3.8) is 0 Å². The molecule has 3 aromatic rings. The van der Waals surface area contributed by atoms with E-state index in [1.165, 1.54) is 0 Å². The van der Waals surface area contributed by atoms with Gasteiger partial charge in [-0.05, 0) is 44.9 Å². The molecule has 1 fully saturated rings. The van der Waals surface area contributed by atoms with Gasteiger partial charge in [-0.3, -0.25) is 4.79 Å². The van der Waals surface area contributed by atoms with E-state index in [1.807, 2.05) is 33.8 Å². The van der Waals surface area contributed by atoms with Crippen LogP contribution in [0.5, 0.6) is 0 Å². The minimum absolute atomic E-state index is 0.198. The summed E-state index contributed by atoms with van der Waals surface area (Å²) in [6, 6.07) is 7.22. The van der Waals surface area contributed by atoms with Crippen molar-refractivity contribution in [3.8, 4) is 0 Å². The highest BCUT2D eigenvalue weighted by Crippen LogP contribution is 2.35. The van der Waals surface area contributed by atoms with E-state index in [-0.39, 0.29) is 16.6 Å². The number of nitrogens with one attached hydrogen (secondary N) is 3. The summed E-state index contributed by atoms with van der Waals surface area (Å²) in [5, 5.41) is 10.1. The van der Waals surface area contributed by atoms with Gasteiger partial charge >= 0.3 is 0 Å². The average Bonchev–Trinajstić information content (AvgIpc) is 2.84. The molecule has 1 aliphatic rings. The minimum atomic E-state index is -0.398. The molecule has 4 rings (SSSR count). The number of carbonyl (C=O) groups excluding carboxylic acids is 1. The number of hydrogen-bond acceptors (Lipinski definition) is 8. The number of anilines is 5. The third kappa shape index (κ3) is 6.60. The van der Waals surface area contributed by atoms with Gasteiger partial charge in [0, 0.05) is 54.5 Å². The summed E-state index contributed by atoms with van der Waals surface area (Å²) in [6.45, 7) is 10.7. The van der Waals surface area contributed by atoms with Crippen molar-refractivity contribution in [3.05, 3.63) is 57.3 Å². The van der Waals surface area contributed by atoms with Crippen molar-refractivity contribution in [1.29, 1.82) is 0 Å². The Labute approximate surface area is 227 Å². The van der Waals surface area contributed by atoms with Gasteiger partial charge in [0.05, 0.1) is 28.8 Å². The van der Waals surface area contributed by atoms with Crippen molar-refractivity contribution in [2.75, 3.05) is 47.2 Å². The van der Waals surface area contributed by atoms with Crippen LogP contribution in [0, 0.1) is 6.92 Å². The zero-order chi connectivity index (χ0) is 26.5. The number of halogens is 2. The second-order valence-electron chi connectivity index (χ2n) is 9.03. The Kier molecular flexibility index (Phi) is 8.68. The molecule has 0 bridgehead atoms. The van der Waals surface area contributed by atoms with Crippen LogP contribution in [0.1, 0.15) is 42.4 Å². The molecule has 2 aromatic heterocycles. The van der Waals surface area contributed by atoms with Gasteiger partial charge in [0.1, 0.15) is 11.6 Å². The monoisotopic (exact) mass is 543 g/mol. The Morgan fingerprint density at radius 2 is 1.89 bits per heavy atom. The number of carbonyl (C=O) groups is 1. The quantitative estimate of drug-likeness (QED) is 0.332. The molecule has 196 valence electrons. The third-order valence-electron chi connectivity index (χ3n) is 5.75. The number of pyridine rings is 1. The SMILES string of the molecule is CCc1c(NC(C)C)cc(Cl)c(C(=O)Nc2ccnc(Nc3cc(C)nc(N4CCOCC4)n3)c2)c1Cl. The zero-order valence-electron chi connectivity index (χ0n) is 21.4. The molecule has 1 aromatic carbocycles. The van der Waals surface area contributed by atoms with Crippen LogP contribution in [-0.2, 0) is 11.2 Å². The third-order valence-corrected chi connectivity index (χ3v) is 6.47. The zero-order valence-corrected chi connectivity index (χ0v) is 22.9. The average molecular weight is 544 g/mol. The van der Waals surface area contributed by atoms with E-state index in [1.54, 1.807) is 24.4 Å². The van der Waals surface area contributed by atoms with Gasteiger partial charge in [-0.1, -0.05) is 30.1 Å². The number of amides is 1. The highest BCUT2D eigenvalue weighted by molar-refractivity contribution is 6.41. The van der Waals surface area contributed by atoms with E-state index in [4.69, 9.17) is 27.9 Å². The summed E-state index contributed by atoms with van der Waals surface area (Å²) in [6.07, 6.45) is 2.25. The van der Waals surface area contributed by atoms with Crippen LogP contribution in [0.4, 0.5) is 29.0 Å². The van der Waals surface area contributed by atoms with Crippen molar-refractivity contribution >= 4 is 58.1 Å². The molecule has 0 unspecified atom stereocenters. The molecule has 0 radical (unpaired) electrons. The lowest BCUT2D eigenvalue weighted by molar-refractivity contribution is 0.102. The summed E-state index contributed by atoms with van der Waals surface area (Å²) >= 11 is 13.2. The molecule has 1 amide bonds. The Balaban J connectivity index is 1.53. The first-order chi connectivity index (χ1) is 17.7. The highest BCUT2D eigenvalue weighted by Gasteiger charge is 2.21. The van der Waals surface area contributed by atoms with Crippen LogP contribution in [0.3, 0.4) is 0 Å². The molecule has 3 heterocycles. The number of aromatic nitrogens is 3. The van der Waals surface area contributed by atoms with E-state index in [9.17, 15) is 4.79 Å². The Morgan fingerprint density at radius 1 is 1.14 bits per heavy atom. The molecular formula is C26H31Cl2N7O2. The number of hydrogen-bond donors (Lipinski definition) is 3. The number of benzene rings is 1. The molecule has 0 aliphatic carbocycles.